The molecule has 0 amide bonds. The fraction of sp³-hybridized carbons (Fsp3) is 0.600. The molecule has 0 spiro atoms. The highest BCUT2D eigenvalue weighted by molar-refractivity contribution is 5.30. The third kappa shape index (κ3) is 3.95. The highest BCUT2D eigenvalue weighted by Gasteiger charge is 2.35. The first-order valence-corrected chi connectivity index (χ1v) is 7.17. The molecule has 21 heavy (non-hydrogen) atoms. The molecule has 0 saturated heterocycles. The number of hydrogen-bond acceptors (Lipinski definition) is 2. The van der Waals surface area contributed by atoms with Crippen LogP contribution in [0.1, 0.15) is 36.9 Å². The Morgan fingerprint density at radius 3 is 2.48 bits per heavy atom. The van der Waals surface area contributed by atoms with Crippen molar-refractivity contribution in [2.45, 2.75) is 32.0 Å². The van der Waals surface area contributed by atoms with Crippen LogP contribution < -0.4 is 5.73 Å². The molecule has 1 aliphatic carbocycles. The molecule has 6 heteroatoms. The van der Waals surface area contributed by atoms with Gasteiger partial charge in [-0.2, -0.15) is 13.2 Å². The van der Waals surface area contributed by atoms with E-state index in [0.29, 0.717) is 18.0 Å². The topological polar surface area (TPSA) is 29.3 Å². The van der Waals surface area contributed by atoms with Crippen LogP contribution in [0.4, 0.5) is 17.6 Å². The van der Waals surface area contributed by atoms with Gasteiger partial charge in [0.25, 0.3) is 0 Å². The first kappa shape index (κ1) is 16.2. The summed E-state index contributed by atoms with van der Waals surface area (Å²) in [6.07, 6.45) is -2.37. The molecule has 2 N–H and O–H groups in total. The van der Waals surface area contributed by atoms with Gasteiger partial charge < -0.3 is 5.73 Å². The van der Waals surface area contributed by atoms with Gasteiger partial charge in [0.1, 0.15) is 5.82 Å². The number of halogens is 4. The highest BCUT2D eigenvalue weighted by Crippen LogP contribution is 2.35. The van der Waals surface area contributed by atoms with E-state index < -0.39 is 17.6 Å². The summed E-state index contributed by atoms with van der Waals surface area (Å²) in [5, 5.41) is 0. The lowest BCUT2D eigenvalue weighted by atomic mass is 10.0. The van der Waals surface area contributed by atoms with Gasteiger partial charge in [0.2, 0.25) is 0 Å². The summed E-state index contributed by atoms with van der Waals surface area (Å²) in [6, 6.07) is 2.86. The predicted octanol–water partition coefficient (Wildman–Crippen LogP) is 3.58. The van der Waals surface area contributed by atoms with Gasteiger partial charge in [0, 0.05) is 19.1 Å². The minimum Gasteiger partial charge on any atom is -0.329 e. The van der Waals surface area contributed by atoms with Crippen LogP contribution in [0.25, 0.3) is 0 Å². The molecular formula is C15H20F4N2. The number of hydrogen-bond donors (Lipinski definition) is 1. The molecule has 1 saturated carbocycles. The van der Waals surface area contributed by atoms with Crippen LogP contribution in [-0.4, -0.2) is 24.5 Å². The number of benzene rings is 1. The summed E-state index contributed by atoms with van der Waals surface area (Å²) < 4.78 is 51.8. The number of nitrogens with two attached hydrogens (primary N) is 1. The third-order valence-electron chi connectivity index (χ3n) is 3.94. The van der Waals surface area contributed by atoms with Crippen molar-refractivity contribution in [3.8, 4) is 0 Å². The Hall–Kier alpha value is -1.14. The summed E-state index contributed by atoms with van der Waals surface area (Å²) in [7, 11) is 0. The van der Waals surface area contributed by atoms with Crippen molar-refractivity contribution in [1.29, 1.82) is 0 Å². The molecule has 0 aromatic heterocycles. The van der Waals surface area contributed by atoms with Crippen LogP contribution in [0.5, 0.6) is 0 Å². The lowest BCUT2D eigenvalue weighted by molar-refractivity contribution is -0.140. The Kier molecular flexibility index (Phi) is 4.88. The molecule has 1 unspecified atom stereocenters. The average molecular weight is 304 g/mol. The van der Waals surface area contributed by atoms with Gasteiger partial charge in [0.15, 0.2) is 0 Å². The number of nitrogens with zero attached hydrogens (tertiary/aromatic N) is 1. The van der Waals surface area contributed by atoms with Crippen LogP contribution in [0.3, 0.4) is 0 Å². The molecule has 1 aromatic rings. The molecule has 0 aliphatic heterocycles. The maximum absolute atomic E-state index is 13.4. The van der Waals surface area contributed by atoms with E-state index in [2.05, 4.69) is 4.90 Å². The van der Waals surface area contributed by atoms with Crippen molar-refractivity contribution in [2.24, 2.45) is 11.7 Å². The fourth-order valence-electron chi connectivity index (χ4n) is 2.57. The van der Waals surface area contributed by atoms with Gasteiger partial charge >= 0.3 is 6.18 Å². The second-order valence-electron chi connectivity index (χ2n) is 5.52. The van der Waals surface area contributed by atoms with E-state index in [1.165, 1.54) is 6.07 Å². The predicted molar refractivity (Wildman–Crippen MR) is 73.2 cm³/mol. The van der Waals surface area contributed by atoms with Crippen LogP contribution in [0.2, 0.25) is 0 Å². The Labute approximate surface area is 121 Å². The molecule has 1 atom stereocenters. The van der Waals surface area contributed by atoms with Gasteiger partial charge in [-0.15, -0.1) is 0 Å². The Morgan fingerprint density at radius 1 is 1.33 bits per heavy atom. The smallest absolute Gasteiger partial charge is 0.329 e. The van der Waals surface area contributed by atoms with Crippen molar-refractivity contribution in [1.82, 2.24) is 4.90 Å². The molecular weight excluding hydrogens is 284 g/mol. The minimum atomic E-state index is -4.69. The fourth-order valence-corrected chi connectivity index (χ4v) is 2.57. The lowest BCUT2D eigenvalue weighted by Gasteiger charge is -2.30. The first-order chi connectivity index (χ1) is 9.86. The molecule has 1 aliphatic rings. The third-order valence-corrected chi connectivity index (χ3v) is 3.94. The maximum atomic E-state index is 13.4. The van der Waals surface area contributed by atoms with E-state index >= 15 is 0 Å². The molecule has 2 nitrogen and oxygen atoms in total. The zero-order valence-corrected chi connectivity index (χ0v) is 12.0. The Morgan fingerprint density at radius 2 is 2.00 bits per heavy atom. The van der Waals surface area contributed by atoms with Crippen molar-refractivity contribution in [3.05, 3.63) is 35.1 Å². The van der Waals surface area contributed by atoms with Gasteiger partial charge in [-0.1, -0.05) is 13.0 Å². The molecule has 0 radical (unpaired) electrons. The molecule has 2 rings (SSSR count). The quantitative estimate of drug-likeness (QED) is 0.814. The number of alkyl halides is 3. The van der Waals surface area contributed by atoms with Crippen LogP contribution >= 0.6 is 0 Å². The van der Waals surface area contributed by atoms with E-state index in [-0.39, 0.29) is 12.6 Å². The monoisotopic (exact) mass is 304 g/mol. The summed E-state index contributed by atoms with van der Waals surface area (Å²) in [5.41, 5.74) is 4.96. The molecule has 0 heterocycles. The van der Waals surface area contributed by atoms with E-state index in [1.807, 2.05) is 6.92 Å². The van der Waals surface area contributed by atoms with Gasteiger partial charge in [-0.3, -0.25) is 4.90 Å². The van der Waals surface area contributed by atoms with Crippen LogP contribution in [-0.2, 0) is 6.18 Å². The van der Waals surface area contributed by atoms with Crippen LogP contribution in [0.15, 0.2) is 18.2 Å². The second kappa shape index (κ2) is 6.32. The van der Waals surface area contributed by atoms with E-state index in [4.69, 9.17) is 5.73 Å². The van der Waals surface area contributed by atoms with Crippen molar-refractivity contribution < 1.29 is 17.6 Å². The lowest BCUT2D eigenvalue weighted by Crippen LogP contribution is -2.35. The largest absolute Gasteiger partial charge is 0.419 e. The zero-order chi connectivity index (χ0) is 15.6. The normalized spacial score (nSPS) is 17.3. The summed E-state index contributed by atoms with van der Waals surface area (Å²) in [5.74, 6) is -0.631. The van der Waals surface area contributed by atoms with Gasteiger partial charge in [-0.05, 0) is 43.0 Å². The zero-order valence-electron chi connectivity index (χ0n) is 12.0. The van der Waals surface area contributed by atoms with Gasteiger partial charge in [0.05, 0.1) is 5.56 Å². The molecule has 1 aromatic carbocycles. The Balaban J connectivity index is 2.28. The van der Waals surface area contributed by atoms with Crippen molar-refractivity contribution in [3.63, 3.8) is 0 Å². The molecule has 0 bridgehead atoms. The number of rotatable bonds is 6. The molecule has 118 valence electrons. The standard InChI is InChI=1S/C15H20F4N2/c1-2-21(9-10-3-4-10)14(8-20)11-5-6-13(16)12(7-11)15(17,18)19/h5-7,10,14H,2-4,8-9,20H2,1H3. The second-order valence-corrected chi connectivity index (χ2v) is 5.52. The van der Waals surface area contributed by atoms with Crippen LogP contribution in [0, 0.1) is 11.7 Å². The summed E-state index contributed by atoms with van der Waals surface area (Å²) >= 11 is 0. The summed E-state index contributed by atoms with van der Waals surface area (Å²) in [6.45, 7) is 3.71. The first-order valence-electron chi connectivity index (χ1n) is 7.17. The number of likely N-dealkylation sites (N-methyl/N-ethyl adjacent to an activating group) is 1. The average Bonchev–Trinajstić information content (AvgIpc) is 3.22. The highest BCUT2D eigenvalue weighted by atomic mass is 19.4. The van der Waals surface area contributed by atoms with E-state index in [1.54, 1.807) is 0 Å². The van der Waals surface area contributed by atoms with Crippen molar-refractivity contribution >= 4 is 0 Å². The minimum absolute atomic E-state index is 0.212. The van der Waals surface area contributed by atoms with E-state index in [0.717, 1.165) is 31.5 Å². The van der Waals surface area contributed by atoms with Gasteiger partial charge in [-0.25, -0.2) is 4.39 Å². The molecule has 1 fully saturated rings. The maximum Gasteiger partial charge on any atom is 0.419 e. The Bertz CT molecular complexity index is 483. The SMILES string of the molecule is CCN(CC1CC1)C(CN)c1ccc(F)c(C(F)(F)F)c1. The summed E-state index contributed by atoms with van der Waals surface area (Å²) in [4.78, 5) is 2.07. The van der Waals surface area contributed by atoms with Crippen molar-refractivity contribution in [2.75, 3.05) is 19.6 Å². The van der Waals surface area contributed by atoms with E-state index in [9.17, 15) is 17.6 Å².